The number of hydrogen-bond donors (Lipinski definition) is 2. The van der Waals surface area contributed by atoms with Gasteiger partial charge in [-0.3, -0.25) is 5.41 Å². The first kappa shape index (κ1) is 16.4. The van der Waals surface area contributed by atoms with Crippen molar-refractivity contribution in [3.63, 3.8) is 0 Å². The van der Waals surface area contributed by atoms with Crippen LogP contribution < -0.4 is 10.5 Å². The molecule has 0 aliphatic rings. The van der Waals surface area contributed by atoms with E-state index >= 15 is 0 Å². The highest BCUT2D eigenvalue weighted by Gasteiger charge is 2.59. The van der Waals surface area contributed by atoms with Crippen LogP contribution in [0.5, 0.6) is 5.75 Å². The van der Waals surface area contributed by atoms with E-state index in [1.54, 1.807) is 0 Å². The fraction of sp³-hybridized carbons (Fsp3) is 0.300. The van der Waals surface area contributed by atoms with Crippen LogP contribution in [0.3, 0.4) is 0 Å². The Labute approximate surface area is 113 Å². The molecule has 10 heteroatoms. The molecule has 3 N–H and O–H groups in total. The lowest BCUT2D eigenvalue weighted by molar-refractivity contribution is -0.299. The van der Waals surface area contributed by atoms with Gasteiger partial charge in [-0.2, -0.15) is 26.3 Å². The van der Waals surface area contributed by atoms with Crippen LogP contribution >= 0.6 is 11.6 Å². The van der Waals surface area contributed by atoms with Crippen LogP contribution in [-0.2, 0) is 0 Å². The van der Waals surface area contributed by atoms with Gasteiger partial charge in [0.15, 0.2) is 0 Å². The third-order valence-electron chi connectivity index (χ3n) is 2.08. The van der Waals surface area contributed by atoms with Crippen LogP contribution in [0, 0.1) is 5.41 Å². The molecule has 3 nitrogen and oxygen atoms in total. The molecule has 0 heterocycles. The first-order valence-electron chi connectivity index (χ1n) is 4.87. The molecule has 0 atom stereocenters. The zero-order chi connectivity index (χ0) is 15.7. The lowest BCUT2D eigenvalue weighted by Crippen LogP contribution is -2.46. The van der Waals surface area contributed by atoms with Gasteiger partial charge in [0.2, 0.25) is 0 Å². The van der Waals surface area contributed by atoms with Crippen molar-refractivity contribution in [2.45, 2.75) is 18.5 Å². The fourth-order valence-corrected chi connectivity index (χ4v) is 1.58. The van der Waals surface area contributed by atoms with Crippen molar-refractivity contribution in [2.75, 3.05) is 0 Å². The van der Waals surface area contributed by atoms with E-state index in [9.17, 15) is 26.3 Å². The number of amidine groups is 1. The van der Waals surface area contributed by atoms with Gasteiger partial charge in [-0.15, -0.1) is 0 Å². The quantitative estimate of drug-likeness (QED) is 0.509. The lowest BCUT2D eigenvalue weighted by Gasteiger charge is -2.25. The molecular weight excluding hydrogens is 314 g/mol. The van der Waals surface area contributed by atoms with Crippen LogP contribution in [0.15, 0.2) is 18.2 Å². The molecule has 0 unspecified atom stereocenters. The monoisotopic (exact) mass is 320 g/mol. The van der Waals surface area contributed by atoms with E-state index < -0.39 is 35.6 Å². The van der Waals surface area contributed by atoms with E-state index in [0.29, 0.717) is 0 Å². The average molecular weight is 321 g/mol. The summed E-state index contributed by atoms with van der Waals surface area (Å²) in [5.41, 5.74) is 4.53. The normalized spacial score (nSPS) is 12.6. The standard InChI is InChI=1S/C10H7ClF6N2O/c11-4-2-1-3-5(6(4)7(18)19)20-8(9(12,13)14)10(15,16)17/h1-3,8H,(H3,18,19). The van der Waals surface area contributed by atoms with Gasteiger partial charge in [-0.1, -0.05) is 17.7 Å². The second-order valence-electron chi connectivity index (χ2n) is 3.61. The molecule has 0 aliphatic carbocycles. The van der Waals surface area contributed by atoms with Crippen molar-refractivity contribution < 1.29 is 31.1 Å². The summed E-state index contributed by atoms with van der Waals surface area (Å²) in [5.74, 6) is -1.68. The highest BCUT2D eigenvalue weighted by molar-refractivity contribution is 6.34. The Morgan fingerprint density at radius 3 is 2.05 bits per heavy atom. The van der Waals surface area contributed by atoms with Gasteiger partial charge in [0, 0.05) is 0 Å². The Balaban J connectivity index is 3.26. The number of nitrogens with one attached hydrogen (secondary N) is 1. The number of rotatable bonds is 3. The van der Waals surface area contributed by atoms with E-state index in [1.807, 2.05) is 0 Å². The topological polar surface area (TPSA) is 59.1 Å². The van der Waals surface area contributed by atoms with E-state index in [4.69, 9.17) is 22.7 Å². The summed E-state index contributed by atoms with van der Waals surface area (Å²) in [6.07, 6.45) is -15.4. The van der Waals surface area contributed by atoms with Crippen molar-refractivity contribution in [1.29, 1.82) is 5.41 Å². The summed E-state index contributed by atoms with van der Waals surface area (Å²) in [4.78, 5) is 0. The Hall–Kier alpha value is -1.64. The molecule has 0 aromatic heterocycles. The number of alkyl halides is 6. The maximum atomic E-state index is 12.4. The van der Waals surface area contributed by atoms with Crippen LogP contribution in [0.2, 0.25) is 5.02 Å². The Morgan fingerprint density at radius 1 is 1.15 bits per heavy atom. The van der Waals surface area contributed by atoms with Gasteiger partial charge in [0.1, 0.15) is 11.6 Å². The summed E-state index contributed by atoms with van der Waals surface area (Å²) >= 11 is 5.57. The molecule has 112 valence electrons. The first-order valence-corrected chi connectivity index (χ1v) is 5.25. The zero-order valence-electron chi connectivity index (χ0n) is 9.44. The van der Waals surface area contributed by atoms with Gasteiger partial charge in [0.05, 0.1) is 10.6 Å². The SMILES string of the molecule is N=C(N)c1c(Cl)cccc1OC(C(F)(F)F)C(F)(F)F. The molecule has 1 rings (SSSR count). The summed E-state index contributed by atoms with van der Waals surface area (Å²) in [6.45, 7) is 0. The number of hydrogen-bond acceptors (Lipinski definition) is 2. The first-order chi connectivity index (χ1) is 8.94. The fourth-order valence-electron chi connectivity index (χ4n) is 1.31. The van der Waals surface area contributed by atoms with Crippen LogP contribution in [-0.4, -0.2) is 24.3 Å². The molecule has 0 fully saturated rings. The second kappa shape index (κ2) is 5.39. The number of nitrogens with two attached hydrogens (primary N) is 1. The van der Waals surface area contributed by atoms with Gasteiger partial charge in [-0.05, 0) is 12.1 Å². The summed E-state index contributed by atoms with van der Waals surface area (Å²) in [6, 6.07) is 3.04. The molecular formula is C10H7ClF6N2O. The van der Waals surface area contributed by atoms with Crippen LogP contribution in [0.25, 0.3) is 0 Å². The number of benzene rings is 1. The third kappa shape index (κ3) is 3.69. The Morgan fingerprint density at radius 2 is 1.65 bits per heavy atom. The molecule has 0 bridgehead atoms. The van der Waals surface area contributed by atoms with E-state index in [0.717, 1.165) is 18.2 Å². The molecule has 0 aliphatic heterocycles. The predicted octanol–water partition coefficient (Wildman–Crippen LogP) is 3.50. The molecule has 0 amide bonds. The Bertz CT molecular complexity index is 499. The number of ether oxygens (including phenoxy) is 1. The number of nitrogen functional groups attached to an aromatic ring is 1. The Kier molecular flexibility index (Phi) is 4.42. The van der Waals surface area contributed by atoms with Crippen molar-refractivity contribution in [2.24, 2.45) is 5.73 Å². The van der Waals surface area contributed by atoms with Gasteiger partial charge in [-0.25, -0.2) is 0 Å². The molecule has 20 heavy (non-hydrogen) atoms. The van der Waals surface area contributed by atoms with Crippen LogP contribution in [0.1, 0.15) is 5.56 Å². The third-order valence-corrected chi connectivity index (χ3v) is 2.40. The number of halogens is 7. The zero-order valence-corrected chi connectivity index (χ0v) is 10.2. The minimum absolute atomic E-state index is 0.293. The molecule has 0 saturated carbocycles. The lowest BCUT2D eigenvalue weighted by atomic mass is 10.2. The van der Waals surface area contributed by atoms with Crippen molar-refractivity contribution in [3.8, 4) is 5.75 Å². The molecule has 0 spiro atoms. The van der Waals surface area contributed by atoms with Crippen molar-refractivity contribution in [3.05, 3.63) is 28.8 Å². The molecule has 1 aromatic carbocycles. The van der Waals surface area contributed by atoms with Crippen molar-refractivity contribution in [1.82, 2.24) is 0 Å². The van der Waals surface area contributed by atoms with E-state index in [1.165, 1.54) is 0 Å². The van der Waals surface area contributed by atoms with E-state index in [-0.39, 0.29) is 5.02 Å². The summed E-state index contributed by atoms with van der Waals surface area (Å²) in [7, 11) is 0. The van der Waals surface area contributed by atoms with E-state index in [2.05, 4.69) is 4.74 Å². The minimum atomic E-state index is -5.67. The van der Waals surface area contributed by atoms with Gasteiger partial charge in [0.25, 0.3) is 6.10 Å². The maximum Gasteiger partial charge on any atom is 0.434 e. The highest BCUT2D eigenvalue weighted by Crippen LogP contribution is 2.38. The molecule has 0 saturated heterocycles. The predicted molar refractivity (Wildman–Crippen MR) is 59.0 cm³/mol. The summed E-state index contributed by atoms with van der Waals surface area (Å²) < 4.78 is 78.2. The molecule has 1 aromatic rings. The second-order valence-corrected chi connectivity index (χ2v) is 4.01. The summed E-state index contributed by atoms with van der Waals surface area (Å²) in [5, 5.41) is 6.83. The minimum Gasteiger partial charge on any atom is -0.470 e. The largest absolute Gasteiger partial charge is 0.470 e. The maximum absolute atomic E-state index is 12.4. The smallest absolute Gasteiger partial charge is 0.434 e. The van der Waals surface area contributed by atoms with Gasteiger partial charge >= 0.3 is 12.4 Å². The van der Waals surface area contributed by atoms with Crippen LogP contribution in [0.4, 0.5) is 26.3 Å². The highest BCUT2D eigenvalue weighted by atomic mass is 35.5. The molecule has 0 radical (unpaired) electrons. The van der Waals surface area contributed by atoms with Gasteiger partial charge < -0.3 is 10.5 Å². The van der Waals surface area contributed by atoms with Crippen molar-refractivity contribution >= 4 is 17.4 Å². The average Bonchev–Trinajstić information content (AvgIpc) is 2.22.